The number of ether oxygens (including phenoxy) is 1. The molecule has 4 aliphatic rings. The van der Waals surface area contributed by atoms with Crippen molar-refractivity contribution in [3.8, 4) is 11.3 Å². The van der Waals surface area contributed by atoms with E-state index in [0.717, 1.165) is 49.9 Å². The van der Waals surface area contributed by atoms with E-state index in [1.807, 2.05) is 18.2 Å². The number of hydrogen-bond acceptors (Lipinski definition) is 12. The van der Waals surface area contributed by atoms with Gasteiger partial charge in [-0.25, -0.2) is 23.2 Å². The number of likely N-dealkylation sites (tertiary alicyclic amines) is 1. The third-order valence-corrected chi connectivity index (χ3v) is 14.9. The molecule has 2 amide bonds. The van der Waals surface area contributed by atoms with Crippen LogP contribution in [0.5, 0.6) is 0 Å². The number of hydrogen-bond donors (Lipinski definition) is 2. The number of nitrogens with one attached hydrogen (secondary N) is 2. The monoisotopic (exact) mass is 862 g/mol. The number of fused-ring (bicyclic) bond motifs is 1. The molecule has 9 rings (SSSR count). The Balaban J connectivity index is 0.735. The summed E-state index contributed by atoms with van der Waals surface area (Å²) in [5.41, 5.74) is 1.27. The topological polar surface area (TPSA) is 179 Å². The van der Waals surface area contributed by atoms with E-state index in [0.29, 0.717) is 43.7 Å². The van der Waals surface area contributed by atoms with Crippen molar-refractivity contribution in [3.63, 3.8) is 0 Å². The lowest BCUT2D eigenvalue weighted by atomic mass is 9.63. The maximum Gasteiger partial charge on any atom is 0.419 e. The van der Waals surface area contributed by atoms with Crippen LogP contribution in [0.4, 0.5) is 30.5 Å². The first kappa shape index (κ1) is 40.8. The molecule has 2 N–H and O–H groups in total. The van der Waals surface area contributed by atoms with Crippen LogP contribution < -0.4 is 21.2 Å². The average molecular weight is 863 g/mol. The number of alkyl halides is 3. The summed E-state index contributed by atoms with van der Waals surface area (Å²) in [6.45, 7) is 4.39. The summed E-state index contributed by atoms with van der Waals surface area (Å²) < 4.78 is 79.0. The van der Waals surface area contributed by atoms with Crippen LogP contribution in [0.25, 0.3) is 22.3 Å². The molecule has 16 nitrogen and oxygen atoms in total. The van der Waals surface area contributed by atoms with E-state index in [4.69, 9.17) is 4.74 Å². The van der Waals surface area contributed by atoms with Gasteiger partial charge in [-0.1, -0.05) is 6.07 Å². The maximum atomic E-state index is 13.7. The van der Waals surface area contributed by atoms with Crippen LogP contribution in [0.2, 0.25) is 0 Å². The highest BCUT2D eigenvalue weighted by Gasteiger charge is 2.51. The number of amides is 2. The molecule has 6 heterocycles. The van der Waals surface area contributed by atoms with Gasteiger partial charge in [0.05, 0.1) is 51.5 Å². The molecule has 1 saturated carbocycles. The molecule has 2 aromatic carbocycles. The van der Waals surface area contributed by atoms with Crippen LogP contribution in [-0.2, 0) is 44.4 Å². The summed E-state index contributed by atoms with van der Waals surface area (Å²) in [5.74, 6) is -0.866. The Morgan fingerprint density at radius 2 is 1.74 bits per heavy atom. The Hall–Kier alpha value is -5.60. The van der Waals surface area contributed by atoms with Gasteiger partial charge in [-0.3, -0.25) is 28.7 Å². The zero-order valence-electron chi connectivity index (χ0n) is 33.6. The number of anilines is 3. The molecule has 20 heteroatoms. The molecule has 1 atom stereocenters. The molecule has 0 bridgehead atoms. The smallest absolute Gasteiger partial charge is 0.373 e. The molecule has 0 radical (unpaired) electrons. The van der Waals surface area contributed by atoms with Crippen molar-refractivity contribution in [1.29, 1.82) is 0 Å². The summed E-state index contributed by atoms with van der Waals surface area (Å²) in [5, 5.41) is 8.71. The molecule has 3 saturated heterocycles. The zero-order chi connectivity index (χ0) is 42.8. The van der Waals surface area contributed by atoms with E-state index >= 15 is 0 Å². The molecule has 3 aromatic heterocycles. The van der Waals surface area contributed by atoms with E-state index in [9.17, 15) is 36.0 Å². The van der Waals surface area contributed by atoms with Gasteiger partial charge >= 0.3 is 11.9 Å². The molecule has 1 unspecified atom stereocenters. The van der Waals surface area contributed by atoms with Crippen molar-refractivity contribution in [2.45, 2.75) is 67.0 Å². The first-order chi connectivity index (χ1) is 29.1. The molecule has 322 valence electrons. The van der Waals surface area contributed by atoms with Gasteiger partial charge in [0, 0.05) is 63.8 Å². The van der Waals surface area contributed by atoms with E-state index in [2.05, 4.69) is 35.5 Å². The van der Waals surface area contributed by atoms with Crippen molar-refractivity contribution >= 4 is 50.0 Å². The Morgan fingerprint density at radius 1 is 1.00 bits per heavy atom. The number of carbonyl (C=O) groups is 2. The summed E-state index contributed by atoms with van der Waals surface area (Å²) in [6.07, 6.45) is 2.28. The highest BCUT2D eigenvalue weighted by Crippen LogP contribution is 2.52. The lowest BCUT2D eigenvalue weighted by Crippen LogP contribution is -2.54. The van der Waals surface area contributed by atoms with E-state index in [1.54, 1.807) is 30.8 Å². The van der Waals surface area contributed by atoms with Gasteiger partial charge in [-0.2, -0.15) is 18.3 Å². The summed E-state index contributed by atoms with van der Waals surface area (Å²) >= 11 is 0. The fourth-order valence-electron chi connectivity index (χ4n) is 9.24. The maximum absolute atomic E-state index is 13.7. The van der Waals surface area contributed by atoms with Crippen LogP contribution in [0.1, 0.15) is 50.1 Å². The highest BCUT2D eigenvalue weighted by molar-refractivity contribution is 7.92. The third-order valence-electron chi connectivity index (χ3n) is 12.7. The van der Waals surface area contributed by atoms with Crippen molar-refractivity contribution in [2.24, 2.45) is 19.5 Å². The number of rotatable bonds is 11. The van der Waals surface area contributed by atoms with Crippen molar-refractivity contribution < 1.29 is 35.9 Å². The lowest BCUT2D eigenvalue weighted by molar-refractivity contribution is -0.138. The Kier molecular flexibility index (Phi) is 10.3. The number of imide groups is 1. The lowest BCUT2D eigenvalue weighted by Gasteiger charge is -2.51. The Labute approximate surface area is 348 Å². The Morgan fingerprint density at radius 3 is 2.41 bits per heavy atom. The number of sulfone groups is 1. The van der Waals surface area contributed by atoms with Gasteiger partial charge in [-0.05, 0) is 87.0 Å². The molecule has 1 spiro atoms. The molecule has 5 aromatic rings. The van der Waals surface area contributed by atoms with E-state index in [-0.39, 0.29) is 58.1 Å². The second kappa shape index (κ2) is 15.4. The van der Waals surface area contributed by atoms with Crippen LogP contribution in [0.3, 0.4) is 0 Å². The first-order valence-electron chi connectivity index (χ1n) is 20.3. The molecular weight excluding hydrogens is 818 g/mol. The normalized spacial score (nSPS) is 20.2. The van der Waals surface area contributed by atoms with Gasteiger partial charge in [0.25, 0.3) is 0 Å². The van der Waals surface area contributed by atoms with Gasteiger partial charge < -0.3 is 19.9 Å². The number of para-hydroxylation sites is 1. The summed E-state index contributed by atoms with van der Waals surface area (Å²) in [6, 6.07) is 11.0. The fourth-order valence-corrected chi connectivity index (χ4v) is 11.3. The number of halogens is 3. The number of benzene rings is 2. The fraction of sp³-hybridized carbons (Fsp3) is 0.463. The quantitative estimate of drug-likeness (QED) is 0.181. The van der Waals surface area contributed by atoms with Gasteiger partial charge in [0.2, 0.25) is 17.8 Å². The highest BCUT2D eigenvalue weighted by atomic mass is 32.2. The largest absolute Gasteiger partial charge is 0.419 e. The number of aromatic nitrogens is 6. The average Bonchev–Trinajstić information content (AvgIpc) is 3.74. The van der Waals surface area contributed by atoms with Crippen molar-refractivity contribution in [1.82, 2.24) is 39.1 Å². The summed E-state index contributed by atoms with van der Waals surface area (Å²) in [7, 11) is -0.300. The molecular formula is C41H45F3N10O6S. The molecule has 61 heavy (non-hydrogen) atoms. The number of nitrogens with zero attached hydrogens (tertiary/aromatic N) is 8. The second-order valence-electron chi connectivity index (χ2n) is 16.6. The van der Waals surface area contributed by atoms with Gasteiger partial charge in [0.1, 0.15) is 11.6 Å². The van der Waals surface area contributed by atoms with E-state index < -0.39 is 38.8 Å². The van der Waals surface area contributed by atoms with E-state index in [1.165, 1.54) is 33.8 Å². The van der Waals surface area contributed by atoms with Crippen LogP contribution in [0, 0.1) is 5.41 Å². The van der Waals surface area contributed by atoms with Crippen LogP contribution >= 0.6 is 0 Å². The molecule has 4 fully saturated rings. The van der Waals surface area contributed by atoms with Crippen LogP contribution in [-0.4, -0.2) is 105 Å². The molecule has 1 aliphatic carbocycles. The van der Waals surface area contributed by atoms with Crippen molar-refractivity contribution in [3.05, 3.63) is 77.1 Å². The zero-order valence-corrected chi connectivity index (χ0v) is 34.4. The first-order valence-corrected chi connectivity index (χ1v) is 21.8. The number of imidazole rings is 1. The molecule has 3 aliphatic heterocycles. The predicted octanol–water partition coefficient (Wildman–Crippen LogP) is 4.19. The van der Waals surface area contributed by atoms with Gasteiger partial charge in [0.15, 0.2) is 9.84 Å². The Bertz CT molecular complexity index is 2670. The summed E-state index contributed by atoms with van der Waals surface area (Å²) in [4.78, 5) is 50.4. The minimum absolute atomic E-state index is 0.00472. The third kappa shape index (κ3) is 7.69. The minimum Gasteiger partial charge on any atom is -0.373 e. The minimum atomic E-state index is -4.67. The number of carbonyl (C=O) groups excluding carboxylic acids is 2. The second-order valence-corrected chi connectivity index (χ2v) is 18.9. The predicted molar refractivity (Wildman–Crippen MR) is 218 cm³/mol. The SMILES string of the molecule is Cn1cc(-c2nc(Nc3ccc(S(=O)(=O)C4CC5(CCN(CCOC6CN(c7cccc8c7n(C)c(=O)n8C7CCC(=O)NC7=O)C6)CC5)C4)cc3)ncc2C(F)(F)F)cn1. The van der Waals surface area contributed by atoms with Crippen molar-refractivity contribution in [2.75, 3.05) is 49.5 Å². The van der Waals surface area contributed by atoms with Gasteiger partial charge in [-0.15, -0.1) is 0 Å². The van der Waals surface area contributed by atoms with Crippen LogP contribution in [0.15, 0.2) is 70.7 Å². The standard InChI is InChI=1S/C41H45F3N10O6S/c1-50-22-25(20-46-50)35-30(41(42,43)44)21-45-38(49-35)47-26-6-8-28(9-7-26)61(58,59)29-18-40(19-29)12-14-52(15-13-40)16-17-60-27-23-53(24-27)31-4-3-5-32-36(31)51(2)39(57)54(32)33-10-11-34(55)48-37(33)56/h3-9,20-22,27,29,33H,10-19,23-24H2,1-2H3,(H,45,47,49)(H,48,55,56). The number of aryl methyl sites for hydroxylation is 2. The number of piperidine rings is 2.